The average Bonchev–Trinajstić information content (AvgIpc) is 2.37. The molecule has 0 spiro atoms. The number of halogens is 4. The number of nitrogens with zero attached hydrogens (tertiary/aromatic N) is 1. The summed E-state index contributed by atoms with van der Waals surface area (Å²) in [6.45, 7) is 2.45. The molecular weight excluding hydrogens is 339 g/mol. The van der Waals surface area contributed by atoms with Crippen LogP contribution >= 0.6 is 15.9 Å². The van der Waals surface area contributed by atoms with Gasteiger partial charge in [-0.05, 0) is 40.5 Å². The first-order valence-electron chi connectivity index (χ1n) is 5.98. The van der Waals surface area contributed by atoms with E-state index in [2.05, 4.69) is 20.7 Å². The number of carbonyl (C=O) groups excluding carboxylic acids is 1. The topological polar surface area (TPSA) is 29.5 Å². The Morgan fingerprint density at radius 1 is 1.40 bits per heavy atom. The van der Waals surface area contributed by atoms with Crippen molar-refractivity contribution in [3.05, 3.63) is 28.2 Å². The molecule has 0 radical (unpaired) electrons. The molecule has 0 saturated heterocycles. The molecule has 0 fully saturated rings. The van der Waals surface area contributed by atoms with Gasteiger partial charge < -0.3 is 9.64 Å². The number of methoxy groups -OCH3 is 1. The molecule has 0 saturated carbocycles. The van der Waals surface area contributed by atoms with E-state index >= 15 is 0 Å². The number of esters is 1. The molecule has 0 bridgehead atoms. The van der Waals surface area contributed by atoms with E-state index in [1.54, 1.807) is 4.90 Å². The van der Waals surface area contributed by atoms with Crippen LogP contribution in [-0.4, -0.2) is 26.2 Å². The van der Waals surface area contributed by atoms with Crippen LogP contribution in [0.1, 0.15) is 18.9 Å². The second-order valence-electron chi connectivity index (χ2n) is 4.16. The first-order valence-corrected chi connectivity index (χ1v) is 6.77. The summed E-state index contributed by atoms with van der Waals surface area (Å²) in [7, 11) is 1.27. The Bertz CT molecular complexity index is 477. The van der Waals surface area contributed by atoms with Crippen molar-refractivity contribution in [1.82, 2.24) is 0 Å². The van der Waals surface area contributed by atoms with E-state index in [0.717, 1.165) is 18.6 Å². The molecule has 0 aliphatic rings. The Morgan fingerprint density at radius 3 is 2.50 bits per heavy atom. The largest absolute Gasteiger partial charge is 0.468 e. The van der Waals surface area contributed by atoms with Crippen LogP contribution in [0.5, 0.6) is 0 Å². The van der Waals surface area contributed by atoms with E-state index in [-0.39, 0.29) is 6.54 Å². The van der Waals surface area contributed by atoms with Gasteiger partial charge in [0.1, 0.15) is 6.54 Å². The molecule has 0 aliphatic carbocycles. The number of carbonyl (C=O) groups is 1. The van der Waals surface area contributed by atoms with Crippen LogP contribution in [0.2, 0.25) is 0 Å². The van der Waals surface area contributed by atoms with Gasteiger partial charge in [0.15, 0.2) is 0 Å². The van der Waals surface area contributed by atoms with Crippen molar-refractivity contribution in [2.24, 2.45) is 0 Å². The lowest BCUT2D eigenvalue weighted by molar-refractivity contribution is -0.139. The molecule has 1 aromatic carbocycles. The summed E-state index contributed by atoms with van der Waals surface area (Å²) in [5.74, 6) is -0.440. The highest BCUT2D eigenvalue weighted by atomic mass is 79.9. The number of rotatable bonds is 5. The van der Waals surface area contributed by atoms with E-state index in [4.69, 9.17) is 0 Å². The van der Waals surface area contributed by atoms with Crippen LogP contribution in [-0.2, 0) is 15.7 Å². The first-order chi connectivity index (χ1) is 9.29. The minimum Gasteiger partial charge on any atom is -0.468 e. The van der Waals surface area contributed by atoms with Gasteiger partial charge in [0.25, 0.3) is 0 Å². The zero-order valence-corrected chi connectivity index (χ0v) is 12.7. The van der Waals surface area contributed by atoms with Crippen LogP contribution in [0, 0.1) is 0 Å². The Labute approximate surface area is 123 Å². The molecule has 0 amide bonds. The quantitative estimate of drug-likeness (QED) is 0.753. The van der Waals surface area contributed by atoms with Crippen molar-refractivity contribution < 1.29 is 22.7 Å². The van der Waals surface area contributed by atoms with Crippen molar-refractivity contribution >= 4 is 27.6 Å². The van der Waals surface area contributed by atoms with Crippen LogP contribution in [0.15, 0.2) is 22.7 Å². The molecule has 112 valence electrons. The van der Waals surface area contributed by atoms with Crippen LogP contribution in [0.4, 0.5) is 18.9 Å². The van der Waals surface area contributed by atoms with Crippen LogP contribution in [0.3, 0.4) is 0 Å². The zero-order chi connectivity index (χ0) is 15.3. The molecule has 0 unspecified atom stereocenters. The number of anilines is 1. The monoisotopic (exact) mass is 353 g/mol. The van der Waals surface area contributed by atoms with E-state index in [1.807, 2.05) is 6.92 Å². The third-order valence-corrected chi connectivity index (χ3v) is 3.29. The summed E-state index contributed by atoms with van der Waals surface area (Å²) in [5, 5.41) is 0. The highest BCUT2D eigenvalue weighted by Crippen LogP contribution is 2.35. The van der Waals surface area contributed by atoms with Gasteiger partial charge in [-0.2, -0.15) is 13.2 Å². The maximum atomic E-state index is 12.6. The number of alkyl halides is 3. The highest BCUT2D eigenvalue weighted by molar-refractivity contribution is 9.10. The summed E-state index contributed by atoms with van der Waals surface area (Å²) in [6, 6.07) is 3.36. The summed E-state index contributed by atoms with van der Waals surface area (Å²) in [4.78, 5) is 13.0. The normalized spacial score (nSPS) is 11.3. The van der Waals surface area contributed by atoms with Gasteiger partial charge >= 0.3 is 12.1 Å². The lowest BCUT2D eigenvalue weighted by Crippen LogP contribution is -2.31. The van der Waals surface area contributed by atoms with Crippen molar-refractivity contribution in [1.29, 1.82) is 0 Å². The van der Waals surface area contributed by atoms with Gasteiger partial charge in [-0.15, -0.1) is 0 Å². The van der Waals surface area contributed by atoms with Crippen LogP contribution in [0.25, 0.3) is 0 Å². The lowest BCUT2D eigenvalue weighted by Gasteiger charge is -2.24. The van der Waals surface area contributed by atoms with Gasteiger partial charge in [-0.3, -0.25) is 4.79 Å². The number of ether oxygens (including phenoxy) is 1. The van der Waals surface area contributed by atoms with Crippen molar-refractivity contribution in [3.63, 3.8) is 0 Å². The van der Waals surface area contributed by atoms with E-state index in [1.165, 1.54) is 13.2 Å². The van der Waals surface area contributed by atoms with Crippen molar-refractivity contribution in [3.8, 4) is 0 Å². The van der Waals surface area contributed by atoms with E-state index in [0.29, 0.717) is 16.7 Å². The molecule has 20 heavy (non-hydrogen) atoms. The van der Waals surface area contributed by atoms with Crippen molar-refractivity contribution in [2.75, 3.05) is 25.1 Å². The Kier molecular flexibility index (Phi) is 5.86. The lowest BCUT2D eigenvalue weighted by atomic mass is 10.2. The minimum atomic E-state index is -4.39. The molecular formula is C13H15BrF3NO2. The average molecular weight is 354 g/mol. The van der Waals surface area contributed by atoms with Gasteiger partial charge in [-0.1, -0.05) is 6.92 Å². The number of hydrogen-bond donors (Lipinski definition) is 0. The first kappa shape index (κ1) is 16.8. The van der Waals surface area contributed by atoms with E-state index < -0.39 is 17.7 Å². The SMILES string of the molecule is CCCN(CC(=O)OC)c1ccc(C(F)(F)F)cc1Br. The molecule has 0 aliphatic heterocycles. The second kappa shape index (κ2) is 6.97. The predicted octanol–water partition coefficient (Wildman–Crippen LogP) is 3.86. The predicted molar refractivity (Wildman–Crippen MR) is 73.7 cm³/mol. The maximum Gasteiger partial charge on any atom is 0.416 e. The van der Waals surface area contributed by atoms with E-state index in [9.17, 15) is 18.0 Å². The third-order valence-electron chi connectivity index (χ3n) is 2.66. The van der Waals surface area contributed by atoms with Crippen molar-refractivity contribution in [2.45, 2.75) is 19.5 Å². The Hall–Kier alpha value is -1.24. The summed E-state index contributed by atoms with van der Waals surface area (Å²) in [5.41, 5.74) is -0.201. The smallest absolute Gasteiger partial charge is 0.416 e. The maximum absolute atomic E-state index is 12.6. The van der Waals surface area contributed by atoms with Gasteiger partial charge in [0, 0.05) is 11.0 Å². The fraction of sp³-hybridized carbons (Fsp3) is 0.462. The minimum absolute atomic E-state index is 0.00565. The molecule has 0 heterocycles. The Morgan fingerprint density at radius 2 is 2.05 bits per heavy atom. The number of benzene rings is 1. The Balaban J connectivity index is 3.05. The molecule has 0 atom stereocenters. The third kappa shape index (κ3) is 4.40. The summed E-state index contributed by atoms with van der Waals surface area (Å²) < 4.78 is 42.7. The number of hydrogen-bond acceptors (Lipinski definition) is 3. The molecule has 0 aromatic heterocycles. The zero-order valence-electron chi connectivity index (χ0n) is 11.1. The summed E-state index contributed by atoms with van der Waals surface area (Å²) >= 11 is 3.13. The molecule has 1 rings (SSSR count). The van der Waals surface area contributed by atoms with Gasteiger partial charge in [0.2, 0.25) is 0 Å². The second-order valence-corrected chi connectivity index (χ2v) is 5.02. The molecule has 1 aromatic rings. The standard InChI is InChI=1S/C13H15BrF3NO2/c1-3-6-18(8-12(19)20-2)11-5-4-9(7-10(11)14)13(15,16)17/h4-5,7H,3,6,8H2,1-2H3. The summed E-state index contributed by atoms with van der Waals surface area (Å²) in [6.07, 6.45) is -3.64. The van der Waals surface area contributed by atoms with Crippen LogP contribution < -0.4 is 4.90 Å². The molecule has 0 N–H and O–H groups in total. The van der Waals surface area contributed by atoms with Gasteiger partial charge in [0.05, 0.1) is 18.4 Å². The molecule has 7 heteroatoms. The molecule has 3 nitrogen and oxygen atoms in total. The highest BCUT2D eigenvalue weighted by Gasteiger charge is 2.31. The fourth-order valence-corrected chi connectivity index (χ4v) is 2.34. The fourth-order valence-electron chi connectivity index (χ4n) is 1.71. The van der Waals surface area contributed by atoms with Gasteiger partial charge in [-0.25, -0.2) is 0 Å².